The maximum atomic E-state index is 11.9. The van der Waals surface area contributed by atoms with Crippen LogP contribution in [0.2, 0.25) is 0 Å². The van der Waals surface area contributed by atoms with Gasteiger partial charge in [-0.05, 0) is 25.3 Å². The first-order valence-corrected chi connectivity index (χ1v) is 8.25. The summed E-state index contributed by atoms with van der Waals surface area (Å²) in [6.45, 7) is 0.0989. The van der Waals surface area contributed by atoms with Crippen molar-refractivity contribution in [2.45, 2.75) is 25.3 Å². The molecular weight excluding hydrogens is 268 g/mol. The van der Waals surface area contributed by atoms with Crippen molar-refractivity contribution < 1.29 is 17.9 Å². The highest BCUT2D eigenvalue weighted by Crippen LogP contribution is 2.37. The molecule has 1 fully saturated rings. The van der Waals surface area contributed by atoms with E-state index in [9.17, 15) is 13.2 Å². The van der Waals surface area contributed by atoms with Crippen LogP contribution in [-0.4, -0.2) is 37.6 Å². The number of hydrogen-bond donors (Lipinski definition) is 1. The predicted molar refractivity (Wildman–Crippen MR) is 71.7 cm³/mol. The second-order valence-electron chi connectivity index (χ2n) is 4.92. The Kier molecular flexibility index (Phi) is 3.84. The van der Waals surface area contributed by atoms with Gasteiger partial charge in [-0.3, -0.25) is 0 Å². The topological polar surface area (TPSA) is 91.4 Å². The van der Waals surface area contributed by atoms with Crippen LogP contribution in [0, 0.1) is 0 Å². The lowest BCUT2D eigenvalue weighted by Crippen LogP contribution is -2.14. The number of sulfone groups is 1. The van der Waals surface area contributed by atoms with Crippen LogP contribution in [0.4, 0.5) is 5.69 Å². The Morgan fingerprint density at radius 3 is 2.79 bits per heavy atom. The van der Waals surface area contributed by atoms with Crippen LogP contribution in [0.3, 0.4) is 0 Å². The van der Waals surface area contributed by atoms with Crippen LogP contribution in [0.5, 0.6) is 0 Å². The highest BCUT2D eigenvalue weighted by molar-refractivity contribution is 7.90. The molecule has 1 heterocycles. The summed E-state index contributed by atoms with van der Waals surface area (Å²) in [5, 5.41) is 0. The fourth-order valence-corrected chi connectivity index (χ4v) is 2.52. The lowest BCUT2D eigenvalue weighted by molar-refractivity contribution is 0.0493. The number of esters is 1. The predicted octanol–water partition coefficient (Wildman–Crippen LogP) is 0.997. The molecule has 106 valence electrons. The average Bonchev–Trinajstić information content (AvgIpc) is 3.06. The molecule has 0 amide bonds. The summed E-state index contributed by atoms with van der Waals surface area (Å²) in [5.74, 6) is -0.427. The molecule has 0 aromatic carbocycles. The molecule has 0 radical (unpaired) electrons. The molecule has 6 nitrogen and oxygen atoms in total. The van der Waals surface area contributed by atoms with Gasteiger partial charge in [-0.15, -0.1) is 0 Å². The van der Waals surface area contributed by atoms with Gasteiger partial charge in [-0.1, -0.05) is 0 Å². The zero-order valence-electron chi connectivity index (χ0n) is 10.8. The monoisotopic (exact) mass is 286 g/mol. The lowest BCUT2D eigenvalue weighted by atomic mass is 10.4. The molecule has 1 aliphatic carbocycles. The highest BCUT2D eigenvalue weighted by atomic mass is 32.2. The van der Waals surface area contributed by atoms with Gasteiger partial charge in [0.15, 0.2) is 0 Å². The standard InChI is InChI=1S/C12H18N2O4S/c1-19(16,17)6-2-5-18-12(15)11-7-9(13)8-14(11)10-3-4-10/h7-8,10H,2-6,13H2,1H3. The Bertz CT molecular complexity index is 573. The number of hydrogen-bond acceptors (Lipinski definition) is 5. The van der Waals surface area contributed by atoms with Crippen molar-refractivity contribution in [1.82, 2.24) is 4.57 Å². The molecule has 1 aliphatic rings. The third-order valence-electron chi connectivity index (χ3n) is 2.91. The Labute approximate surface area is 112 Å². The lowest BCUT2D eigenvalue weighted by Gasteiger charge is -2.07. The van der Waals surface area contributed by atoms with E-state index in [0.29, 0.717) is 23.8 Å². The molecular formula is C12H18N2O4S. The van der Waals surface area contributed by atoms with Gasteiger partial charge in [0.1, 0.15) is 15.5 Å². The van der Waals surface area contributed by atoms with Crippen molar-refractivity contribution in [1.29, 1.82) is 0 Å². The van der Waals surface area contributed by atoms with Crippen molar-refractivity contribution in [3.63, 3.8) is 0 Å². The number of nitrogen functional groups attached to an aromatic ring is 1. The van der Waals surface area contributed by atoms with E-state index in [1.54, 1.807) is 12.3 Å². The van der Waals surface area contributed by atoms with Gasteiger partial charge in [0, 0.05) is 18.5 Å². The normalized spacial score (nSPS) is 15.4. The first-order valence-electron chi connectivity index (χ1n) is 6.19. The number of carbonyl (C=O) groups excluding carboxylic acids is 1. The molecule has 1 aromatic heterocycles. The fourth-order valence-electron chi connectivity index (χ4n) is 1.88. The summed E-state index contributed by atoms with van der Waals surface area (Å²) in [4.78, 5) is 11.9. The van der Waals surface area contributed by atoms with Gasteiger partial charge in [-0.25, -0.2) is 13.2 Å². The van der Waals surface area contributed by atoms with Crippen LogP contribution >= 0.6 is 0 Å². The van der Waals surface area contributed by atoms with E-state index < -0.39 is 15.8 Å². The number of ether oxygens (including phenoxy) is 1. The SMILES string of the molecule is CS(=O)(=O)CCCOC(=O)c1cc(N)cn1C1CC1. The van der Waals surface area contributed by atoms with Gasteiger partial charge in [0.25, 0.3) is 0 Å². The van der Waals surface area contributed by atoms with Crippen molar-refractivity contribution in [2.75, 3.05) is 24.3 Å². The Hall–Kier alpha value is -1.50. The second-order valence-corrected chi connectivity index (χ2v) is 7.18. The largest absolute Gasteiger partial charge is 0.461 e. The first-order chi connectivity index (χ1) is 8.87. The number of carbonyl (C=O) groups is 1. The van der Waals surface area contributed by atoms with Crippen molar-refractivity contribution in [3.8, 4) is 0 Å². The summed E-state index contributed by atoms with van der Waals surface area (Å²) in [6, 6.07) is 1.94. The Balaban J connectivity index is 1.89. The summed E-state index contributed by atoms with van der Waals surface area (Å²) in [5.41, 5.74) is 6.67. The van der Waals surface area contributed by atoms with Gasteiger partial charge < -0.3 is 15.0 Å². The van der Waals surface area contributed by atoms with Crippen LogP contribution in [0.1, 0.15) is 35.8 Å². The first kappa shape index (κ1) is 13.9. The minimum Gasteiger partial charge on any atom is -0.461 e. The second kappa shape index (κ2) is 5.24. The third-order valence-corrected chi connectivity index (χ3v) is 3.94. The molecule has 1 aromatic rings. The molecule has 2 N–H and O–H groups in total. The molecule has 1 saturated carbocycles. The molecule has 2 rings (SSSR count). The van der Waals surface area contributed by atoms with Crippen LogP contribution in [-0.2, 0) is 14.6 Å². The maximum absolute atomic E-state index is 11.9. The molecule has 0 unspecified atom stereocenters. The number of aromatic nitrogens is 1. The van der Waals surface area contributed by atoms with Crippen LogP contribution in [0.15, 0.2) is 12.3 Å². The van der Waals surface area contributed by atoms with Gasteiger partial charge in [-0.2, -0.15) is 0 Å². The summed E-state index contributed by atoms with van der Waals surface area (Å²) in [6.07, 6.45) is 5.30. The Morgan fingerprint density at radius 1 is 1.53 bits per heavy atom. The zero-order chi connectivity index (χ0) is 14.0. The maximum Gasteiger partial charge on any atom is 0.355 e. The quantitative estimate of drug-likeness (QED) is 0.622. The van der Waals surface area contributed by atoms with Gasteiger partial charge in [0.2, 0.25) is 0 Å². The molecule has 0 saturated heterocycles. The van der Waals surface area contributed by atoms with Crippen molar-refractivity contribution in [3.05, 3.63) is 18.0 Å². The van der Waals surface area contributed by atoms with E-state index in [1.165, 1.54) is 0 Å². The Morgan fingerprint density at radius 2 is 2.21 bits per heavy atom. The average molecular weight is 286 g/mol. The van der Waals surface area contributed by atoms with E-state index in [2.05, 4.69) is 0 Å². The van der Waals surface area contributed by atoms with E-state index in [4.69, 9.17) is 10.5 Å². The zero-order valence-corrected chi connectivity index (χ0v) is 11.6. The van der Waals surface area contributed by atoms with Crippen LogP contribution in [0.25, 0.3) is 0 Å². The number of nitrogens with two attached hydrogens (primary N) is 1. The molecule has 19 heavy (non-hydrogen) atoms. The van der Waals surface area contributed by atoms with E-state index in [-0.39, 0.29) is 12.4 Å². The smallest absolute Gasteiger partial charge is 0.355 e. The van der Waals surface area contributed by atoms with Crippen molar-refractivity contribution >= 4 is 21.5 Å². The van der Waals surface area contributed by atoms with Crippen molar-refractivity contribution in [2.24, 2.45) is 0 Å². The summed E-state index contributed by atoms with van der Waals surface area (Å²) >= 11 is 0. The number of rotatable bonds is 6. The molecule has 0 atom stereocenters. The molecule has 7 heteroatoms. The van der Waals surface area contributed by atoms with Gasteiger partial charge in [0.05, 0.1) is 18.0 Å². The molecule has 0 aliphatic heterocycles. The van der Waals surface area contributed by atoms with Gasteiger partial charge >= 0.3 is 5.97 Å². The molecule has 0 spiro atoms. The molecule has 0 bridgehead atoms. The third kappa shape index (κ3) is 3.99. The fraction of sp³-hybridized carbons (Fsp3) is 0.583. The minimum absolute atomic E-state index is 0.0199. The number of nitrogens with zero attached hydrogens (tertiary/aromatic N) is 1. The summed E-state index contributed by atoms with van der Waals surface area (Å²) in [7, 11) is -3.01. The highest BCUT2D eigenvalue weighted by Gasteiger charge is 2.28. The van der Waals surface area contributed by atoms with Crippen LogP contribution < -0.4 is 5.73 Å². The van der Waals surface area contributed by atoms with E-state index >= 15 is 0 Å². The number of anilines is 1. The minimum atomic E-state index is -3.01. The van der Waals surface area contributed by atoms with E-state index in [1.807, 2.05) is 4.57 Å². The summed E-state index contributed by atoms with van der Waals surface area (Å²) < 4.78 is 28.8. The van der Waals surface area contributed by atoms with E-state index in [0.717, 1.165) is 19.1 Å².